The van der Waals surface area contributed by atoms with Crippen molar-refractivity contribution in [3.63, 3.8) is 0 Å². The van der Waals surface area contributed by atoms with Crippen molar-refractivity contribution in [2.45, 2.75) is 32.7 Å². The summed E-state index contributed by atoms with van der Waals surface area (Å²) in [6.07, 6.45) is 1.97. The van der Waals surface area contributed by atoms with Gasteiger partial charge in [-0.2, -0.15) is 0 Å². The molecule has 0 heterocycles. The first kappa shape index (κ1) is 14.3. The maximum atomic E-state index is 5.91. The maximum Gasteiger partial charge on any atom is 0.119 e. The highest BCUT2D eigenvalue weighted by atomic mass is 35.5. The number of aryl methyl sites for hydroxylation is 1. The van der Waals surface area contributed by atoms with E-state index in [1.54, 1.807) is 7.11 Å². The molecule has 0 radical (unpaired) electrons. The average molecular weight is 230 g/mol. The first-order chi connectivity index (χ1) is 6.67. The molecule has 2 N–H and O–H groups in total. The number of halogens is 1. The van der Waals surface area contributed by atoms with Crippen LogP contribution in [0.15, 0.2) is 18.2 Å². The van der Waals surface area contributed by atoms with E-state index in [0.29, 0.717) is 0 Å². The fourth-order valence-corrected chi connectivity index (χ4v) is 1.45. The highest BCUT2D eigenvalue weighted by Gasteiger charge is 2.04. The highest BCUT2D eigenvalue weighted by Crippen LogP contribution is 2.18. The molecule has 2 nitrogen and oxygen atoms in total. The Morgan fingerprint density at radius 1 is 1.40 bits per heavy atom. The quantitative estimate of drug-likeness (QED) is 0.862. The van der Waals surface area contributed by atoms with Crippen LogP contribution in [0.1, 0.15) is 24.5 Å². The molecule has 0 aliphatic rings. The van der Waals surface area contributed by atoms with Gasteiger partial charge in [0.2, 0.25) is 0 Å². The molecule has 3 heteroatoms. The van der Waals surface area contributed by atoms with Gasteiger partial charge in [0, 0.05) is 6.04 Å². The predicted octanol–water partition coefficient (Wildman–Crippen LogP) is 2.71. The molecule has 0 saturated heterocycles. The van der Waals surface area contributed by atoms with E-state index in [1.807, 2.05) is 6.07 Å². The van der Waals surface area contributed by atoms with Gasteiger partial charge in [-0.15, -0.1) is 12.4 Å². The third-order valence-electron chi connectivity index (χ3n) is 2.56. The van der Waals surface area contributed by atoms with Crippen LogP contribution in [-0.4, -0.2) is 13.2 Å². The van der Waals surface area contributed by atoms with E-state index in [2.05, 4.69) is 26.0 Å². The topological polar surface area (TPSA) is 35.2 Å². The fraction of sp³-hybridized carbons (Fsp3) is 0.500. The third-order valence-corrected chi connectivity index (χ3v) is 2.56. The van der Waals surface area contributed by atoms with Gasteiger partial charge in [0.25, 0.3) is 0 Å². The predicted molar refractivity (Wildman–Crippen MR) is 66.9 cm³/mol. The molecule has 0 aliphatic carbocycles. The van der Waals surface area contributed by atoms with Crippen LogP contribution in [0.25, 0.3) is 0 Å². The van der Waals surface area contributed by atoms with E-state index < -0.39 is 0 Å². The Labute approximate surface area is 98.2 Å². The number of ether oxygens (including phenoxy) is 1. The summed E-state index contributed by atoms with van der Waals surface area (Å²) in [7, 11) is 1.69. The van der Waals surface area contributed by atoms with E-state index in [1.165, 1.54) is 11.1 Å². The summed E-state index contributed by atoms with van der Waals surface area (Å²) >= 11 is 0. The lowest BCUT2D eigenvalue weighted by molar-refractivity contribution is 0.414. The Kier molecular flexibility index (Phi) is 6.37. The lowest BCUT2D eigenvalue weighted by atomic mass is 10.00. The molecule has 0 aliphatic heterocycles. The van der Waals surface area contributed by atoms with E-state index in [0.717, 1.165) is 18.6 Å². The normalized spacial score (nSPS) is 11.7. The summed E-state index contributed by atoms with van der Waals surface area (Å²) in [5.41, 5.74) is 8.49. The summed E-state index contributed by atoms with van der Waals surface area (Å²) in [5.74, 6) is 0.913. The number of nitrogens with two attached hydrogens (primary N) is 1. The third kappa shape index (κ3) is 4.10. The van der Waals surface area contributed by atoms with Gasteiger partial charge in [0.05, 0.1) is 7.11 Å². The van der Waals surface area contributed by atoms with Crippen LogP contribution in [0.2, 0.25) is 0 Å². The molecule has 1 aromatic carbocycles. The molecule has 86 valence electrons. The van der Waals surface area contributed by atoms with Crippen LogP contribution in [0.3, 0.4) is 0 Å². The van der Waals surface area contributed by atoms with E-state index >= 15 is 0 Å². The lowest BCUT2D eigenvalue weighted by Crippen LogP contribution is -2.21. The lowest BCUT2D eigenvalue weighted by Gasteiger charge is -2.12. The van der Waals surface area contributed by atoms with Crippen LogP contribution in [-0.2, 0) is 6.42 Å². The zero-order chi connectivity index (χ0) is 10.6. The van der Waals surface area contributed by atoms with Crippen molar-refractivity contribution >= 4 is 12.4 Å². The molecular formula is C12H20ClNO. The molecule has 0 bridgehead atoms. The SMILES string of the molecule is CCC(N)Cc1ccc(OC)cc1C.Cl. The van der Waals surface area contributed by atoms with Crippen molar-refractivity contribution in [1.29, 1.82) is 0 Å². The highest BCUT2D eigenvalue weighted by molar-refractivity contribution is 5.85. The first-order valence-corrected chi connectivity index (χ1v) is 5.06. The van der Waals surface area contributed by atoms with E-state index in [-0.39, 0.29) is 18.4 Å². The van der Waals surface area contributed by atoms with Gasteiger partial charge in [0.15, 0.2) is 0 Å². The fourth-order valence-electron chi connectivity index (χ4n) is 1.45. The van der Waals surface area contributed by atoms with Gasteiger partial charge in [0.1, 0.15) is 5.75 Å². The second-order valence-electron chi connectivity index (χ2n) is 3.66. The van der Waals surface area contributed by atoms with E-state index in [9.17, 15) is 0 Å². The number of rotatable bonds is 4. The van der Waals surface area contributed by atoms with Gasteiger partial charge >= 0.3 is 0 Å². The second kappa shape index (κ2) is 6.70. The zero-order valence-electron chi connectivity index (χ0n) is 9.62. The summed E-state index contributed by atoms with van der Waals surface area (Å²) in [6, 6.07) is 6.41. The standard InChI is InChI=1S/C12H19NO.ClH/c1-4-11(13)8-10-5-6-12(14-3)7-9(10)2;/h5-7,11H,4,8,13H2,1-3H3;1H. The van der Waals surface area contributed by atoms with Gasteiger partial charge in [-0.1, -0.05) is 13.0 Å². The Balaban J connectivity index is 0.00000196. The minimum atomic E-state index is 0. The van der Waals surface area contributed by atoms with Crippen LogP contribution < -0.4 is 10.5 Å². The van der Waals surface area contributed by atoms with Gasteiger partial charge in [-0.25, -0.2) is 0 Å². The number of hydrogen-bond acceptors (Lipinski definition) is 2. The molecule has 1 atom stereocenters. The number of benzene rings is 1. The largest absolute Gasteiger partial charge is 0.497 e. The van der Waals surface area contributed by atoms with Crippen LogP contribution >= 0.6 is 12.4 Å². The Bertz CT molecular complexity index is 302. The van der Waals surface area contributed by atoms with Crippen LogP contribution in [0.5, 0.6) is 5.75 Å². The molecule has 0 aromatic heterocycles. The number of hydrogen-bond donors (Lipinski definition) is 1. The molecule has 0 fully saturated rings. The van der Waals surface area contributed by atoms with Crippen molar-refractivity contribution in [1.82, 2.24) is 0 Å². The molecular weight excluding hydrogens is 210 g/mol. The smallest absolute Gasteiger partial charge is 0.119 e. The van der Waals surface area contributed by atoms with Crippen molar-refractivity contribution in [2.24, 2.45) is 5.73 Å². The van der Waals surface area contributed by atoms with Crippen molar-refractivity contribution in [2.75, 3.05) is 7.11 Å². The van der Waals surface area contributed by atoms with Gasteiger partial charge in [-0.05, 0) is 43.0 Å². The zero-order valence-corrected chi connectivity index (χ0v) is 10.4. The molecule has 0 amide bonds. The summed E-state index contributed by atoms with van der Waals surface area (Å²) in [4.78, 5) is 0. The minimum absolute atomic E-state index is 0. The summed E-state index contributed by atoms with van der Waals surface area (Å²) in [6.45, 7) is 4.21. The molecule has 15 heavy (non-hydrogen) atoms. The molecule has 0 spiro atoms. The van der Waals surface area contributed by atoms with Crippen molar-refractivity contribution in [3.8, 4) is 5.75 Å². The van der Waals surface area contributed by atoms with Gasteiger partial charge in [-0.3, -0.25) is 0 Å². The Hall–Kier alpha value is -0.730. The van der Waals surface area contributed by atoms with E-state index in [4.69, 9.17) is 10.5 Å². The molecule has 1 unspecified atom stereocenters. The first-order valence-electron chi connectivity index (χ1n) is 5.06. The summed E-state index contributed by atoms with van der Waals surface area (Å²) in [5, 5.41) is 0. The van der Waals surface area contributed by atoms with Crippen LogP contribution in [0, 0.1) is 6.92 Å². The molecule has 1 aromatic rings. The minimum Gasteiger partial charge on any atom is -0.497 e. The Morgan fingerprint density at radius 3 is 2.53 bits per heavy atom. The Morgan fingerprint density at radius 2 is 2.07 bits per heavy atom. The van der Waals surface area contributed by atoms with Crippen molar-refractivity contribution in [3.05, 3.63) is 29.3 Å². The summed E-state index contributed by atoms with van der Waals surface area (Å²) < 4.78 is 5.15. The molecule has 1 rings (SSSR count). The monoisotopic (exact) mass is 229 g/mol. The second-order valence-corrected chi connectivity index (χ2v) is 3.66. The van der Waals surface area contributed by atoms with Crippen LogP contribution in [0.4, 0.5) is 0 Å². The van der Waals surface area contributed by atoms with Crippen molar-refractivity contribution < 1.29 is 4.74 Å². The average Bonchev–Trinajstić information content (AvgIpc) is 2.20. The molecule has 0 saturated carbocycles. The van der Waals surface area contributed by atoms with Gasteiger partial charge < -0.3 is 10.5 Å². The maximum absolute atomic E-state index is 5.91. The number of methoxy groups -OCH3 is 1.